The first-order chi connectivity index (χ1) is 12.8. The summed E-state index contributed by atoms with van der Waals surface area (Å²) in [5.74, 6) is -2.02. The van der Waals surface area contributed by atoms with Crippen molar-refractivity contribution in [1.29, 1.82) is 0 Å². The summed E-state index contributed by atoms with van der Waals surface area (Å²) in [5.41, 5.74) is 0. The number of likely N-dealkylation sites (tertiary alicyclic amines) is 1. The predicted molar refractivity (Wildman–Crippen MR) is 97.6 cm³/mol. The van der Waals surface area contributed by atoms with E-state index in [1.807, 2.05) is 11.3 Å². The Balaban J connectivity index is 0.000000345. The molecule has 2 saturated heterocycles. The maximum atomic E-state index is 11.2. The van der Waals surface area contributed by atoms with Gasteiger partial charge in [0.1, 0.15) is 0 Å². The van der Waals surface area contributed by atoms with Gasteiger partial charge in [0.25, 0.3) is 0 Å². The Hall–Kier alpha value is -1.21. The van der Waals surface area contributed by atoms with E-state index in [1.165, 1.54) is 16.0 Å². The number of hydrogen-bond acceptors (Lipinski definition) is 6. The molecule has 2 aliphatic heterocycles. The van der Waals surface area contributed by atoms with Crippen LogP contribution in [0.3, 0.4) is 0 Å². The molecule has 2 aliphatic rings. The molecule has 7 nitrogen and oxygen atoms in total. The third-order valence-electron chi connectivity index (χ3n) is 4.54. The second-order valence-electron chi connectivity index (χ2n) is 6.93. The lowest BCUT2D eigenvalue weighted by atomic mass is 9.93. The summed E-state index contributed by atoms with van der Waals surface area (Å²) in [4.78, 5) is 14.1. The molecule has 0 saturated carbocycles. The van der Waals surface area contributed by atoms with Crippen LogP contribution in [0.15, 0.2) is 12.1 Å². The number of carboxylic acid groups (broad SMARTS) is 1. The average molecular weight is 444 g/mol. The Kier molecular flexibility index (Phi) is 7.48. The van der Waals surface area contributed by atoms with Crippen LogP contribution >= 0.6 is 11.3 Å². The van der Waals surface area contributed by atoms with Crippen molar-refractivity contribution in [3.63, 3.8) is 0 Å². The molecule has 0 radical (unpaired) electrons. The van der Waals surface area contributed by atoms with Gasteiger partial charge in [-0.1, -0.05) is 0 Å². The van der Waals surface area contributed by atoms with Crippen LogP contribution in [0.1, 0.15) is 9.75 Å². The fourth-order valence-electron chi connectivity index (χ4n) is 3.27. The highest BCUT2D eigenvalue weighted by Gasteiger charge is 2.43. The maximum absolute atomic E-state index is 11.2. The number of rotatable bonds is 5. The zero-order valence-electron chi connectivity index (χ0n) is 15.4. The number of carboxylic acids is 1. The second-order valence-corrected chi connectivity index (χ2v) is 10.1. The van der Waals surface area contributed by atoms with Crippen LogP contribution in [-0.4, -0.2) is 69.2 Å². The van der Waals surface area contributed by atoms with E-state index in [0.29, 0.717) is 25.0 Å². The quantitative estimate of drug-likeness (QED) is 0.718. The first kappa shape index (κ1) is 23.1. The van der Waals surface area contributed by atoms with E-state index < -0.39 is 22.2 Å². The van der Waals surface area contributed by atoms with Crippen LogP contribution in [0.25, 0.3) is 0 Å². The number of nitrogens with zero attached hydrogens (tertiary/aromatic N) is 1. The van der Waals surface area contributed by atoms with Crippen LogP contribution < -0.4 is 4.72 Å². The minimum atomic E-state index is -5.08. The van der Waals surface area contributed by atoms with Gasteiger partial charge >= 0.3 is 12.1 Å². The van der Waals surface area contributed by atoms with Crippen molar-refractivity contribution in [2.24, 2.45) is 11.8 Å². The van der Waals surface area contributed by atoms with E-state index >= 15 is 0 Å². The molecule has 0 aromatic carbocycles. The fraction of sp³-hybridized carbons (Fsp3) is 0.688. The van der Waals surface area contributed by atoms with E-state index in [4.69, 9.17) is 14.6 Å². The standard InChI is InChI=1S/C14H22N2O3S2.C2HF3O2/c1-10-3-4-12(20-10)6-16-7-13-11(5-15-21(2,17)18)9-19-14(13)8-16;3-2(4,5)1(6)7/h3-4,11,13-15H,5-9H2,1-2H3;(H,6,7)/t11-,13+,14+;/m0./s1. The molecule has 1 aromatic rings. The highest BCUT2D eigenvalue weighted by Crippen LogP contribution is 2.34. The molecule has 0 bridgehead atoms. The molecule has 160 valence electrons. The Bertz CT molecular complexity index is 781. The van der Waals surface area contributed by atoms with Gasteiger partial charge in [-0.3, -0.25) is 4.90 Å². The molecule has 0 spiro atoms. The number of halogens is 3. The third-order valence-corrected chi connectivity index (χ3v) is 6.22. The lowest BCUT2D eigenvalue weighted by Gasteiger charge is -2.19. The summed E-state index contributed by atoms with van der Waals surface area (Å²) < 4.78 is 62.7. The Labute approximate surface area is 165 Å². The number of fused-ring (bicyclic) bond motifs is 1. The van der Waals surface area contributed by atoms with Gasteiger partial charge in [0.05, 0.1) is 19.0 Å². The Morgan fingerprint density at radius 1 is 1.39 bits per heavy atom. The molecular weight excluding hydrogens is 421 g/mol. The first-order valence-corrected chi connectivity index (χ1v) is 11.2. The fourth-order valence-corrected chi connectivity index (χ4v) is 4.72. The van der Waals surface area contributed by atoms with Crippen molar-refractivity contribution in [1.82, 2.24) is 9.62 Å². The number of carbonyl (C=O) groups is 1. The van der Waals surface area contributed by atoms with Crippen molar-refractivity contribution in [3.8, 4) is 0 Å². The maximum Gasteiger partial charge on any atom is 0.490 e. The zero-order chi connectivity index (χ0) is 21.1. The number of aliphatic carboxylic acids is 1. The van der Waals surface area contributed by atoms with Crippen molar-refractivity contribution in [2.45, 2.75) is 25.7 Å². The topological polar surface area (TPSA) is 95.9 Å². The molecular formula is C16H23F3N2O5S2. The first-order valence-electron chi connectivity index (χ1n) is 8.49. The average Bonchev–Trinajstić information content (AvgIpc) is 3.21. The summed E-state index contributed by atoms with van der Waals surface area (Å²) in [6.07, 6.45) is -3.61. The monoisotopic (exact) mass is 444 g/mol. The van der Waals surface area contributed by atoms with Gasteiger partial charge in [-0.15, -0.1) is 11.3 Å². The van der Waals surface area contributed by atoms with E-state index in [0.717, 1.165) is 19.6 Å². The molecule has 2 fully saturated rings. The summed E-state index contributed by atoms with van der Waals surface area (Å²) in [7, 11) is -3.12. The van der Waals surface area contributed by atoms with Gasteiger partial charge in [-0.2, -0.15) is 13.2 Å². The number of thiophene rings is 1. The van der Waals surface area contributed by atoms with Crippen molar-refractivity contribution in [3.05, 3.63) is 21.9 Å². The smallest absolute Gasteiger partial charge is 0.475 e. The molecule has 3 heterocycles. The molecule has 0 unspecified atom stereocenters. The number of alkyl halides is 3. The zero-order valence-corrected chi connectivity index (χ0v) is 17.0. The summed E-state index contributed by atoms with van der Waals surface area (Å²) >= 11 is 1.84. The molecule has 0 amide bonds. The summed E-state index contributed by atoms with van der Waals surface area (Å²) in [6, 6.07) is 4.35. The normalized spacial score (nSPS) is 25.2. The van der Waals surface area contributed by atoms with Crippen LogP contribution in [0, 0.1) is 18.8 Å². The van der Waals surface area contributed by atoms with Gasteiger partial charge in [0, 0.05) is 47.8 Å². The van der Waals surface area contributed by atoms with Crippen LogP contribution in [0.5, 0.6) is 0 Å². The van der Waals surface area contributed by atoms with E-state index in [9.17, 15) is 21.6 Å². The van der Waals surface area contributed by atoms with E-state index in [-0.39, 0.29) is 6.10 Å². The van der Waals surface area contributed by atoms with E-state index in [2.05, 4.69) is 28.7 Å². The largest absolute Gasteiger partial charge is 0.490 e. The summed E-state index contributed by atoms with van der Waals surface area (Å²) in [5, 5.41) is 7.12. The van der Waals surface area contributed by atoms with Crippen LogP contribution in [0.4, 0.5) is 13.2 Å². The molecule has 28 heavy (non-hydrogen) atoms. The van der Waals surface area contributed by atoms with Crippen molar-refractivity contribution in [2.75, 3.05) is 32.5 Å². The minimum absolute atomic E-state index is 0.261. The van der Waals surface area contributed by atoms with Gasteiger partial charge < -0.3 is 9.84 Å². The molecule has 3 rings (SSSR count). The lowest BCUT2D eigenvalue weighted by molar-refractivity contribution is -0.192. The highest BCUT2D eigenvalue weighted by molar-refractivity contribution is 7.88. The van der Waals surface area contributed by atoms with Gasteiger partial charge in [-0.05, 0) is 19.1 Å². The highest BCUT2D eigenvalue weighted by atomic mass is 32.2. The molecule has 1 aromatic heterocycles. The number of ether oxygens (including phenoxy) is 1. The molecule has 3 atom stereocenters. The summed E-state index contributed by atoms with van der Waals surface area (Å²) in [6.45, 7) is 6.22. The lowest BCUT2D eigenvalue weighted by Crippen LogP contribution is -2.33. The Morgan fingerprint density at radius 3 is 2.54 bits per heavy atom. The van der Waals surface area contributed by atoms with Gasteiger partial charge in [0.15, 0.2) is 0 Å². The van der Waals surface area contributed by atoms with Crippen LogP contribution in [0.2, 0.25) is 0 Å². The number of sulfonamides is 1. The second kappa shape index (κ2) is 9.08. The Morgan fingerprint density at radius 2 is 2.04 bits per heavy atom. The number of aryl methyl sites for hydroxylation is 1. The number of hydrogen-bond donors (Lipinski definition) is 2. The SMILES string of the molecule is Cc1ccc(CN2C[C@@H]3[C@@H](CNS(C)(=O)=O)CO[C@@H]3C2)s1.O=C(O)C(F)(F)F. The van der Waals surface area contributed by atoms with E-state index in [1.54, 1.807) is 0 Å². The third kappa shape index (κ3) is 6.99. The molecule has 12 heteroatoms. The van der Waals surface area contributed by atoms with Crippen LogP contribution in [-0.2, 0) is 26.1 Å². The molecule has 0 aliphatic carbocycles. The van der Waals surface area contributed by atoms with Crippen molar-refractivity contribution < 1.29 is 36.2 Å². The van der Waals surface area contributed by atoms with Gasteiger partial charge in [0.2, 0.25) is 10.0 Å². The minimum Gasteiger partial charge on any atom is -0.475 e. The van der Waals surface area contributed by atoms with Crippen molar-refractivity contribution >= 4 is 27.3 Å². The van der Waals surface area contributed by atoms with Gasteiger partial charge in [-0.25, -0.2) is 17.9 Å². The molecule has 2 N–H and O–H groups in total. The predicted octanol–water partition coefficient (Wildman–Crippen LogP) is 1.69. The number of nitrogens with one attached hydrogen (secondary N) is 1.